The van der Waals surface area contributed by atoms with Crippen molar-refractivity contribution in [1.29, 1.82) is 0 Å². The van der Waals surface area contributed by atoms with Gasteiger partial charge in [0.05, 0.1) is 22.6 Å². The van der Waals surface area contributed by atoms with Crippen LogP contribution in [0.3, 0.4) is 0 Å². The lowest BCUT2D eigenvalue weighted by atomic mass is 10.0. The number of nitrogens with zero attached hydrogens (tertiary/aromatic N) is 3. The fourth-order valence-corrected chi connectivity index (χ4v) is 5.39. The Balaban J connectivity index is 1.78. The average Bonchev–Trinajstić information content (AvgIpc) is 3.16. The number of hydrogen-bond acceptors (Lipinski definition) is 5. The van der Waals surface area contributed by atoms with Crippen molar-refractivity contribution in [2.75, 3.05) is 6.54 Å². The first kappa shape index (κ1) is 15.5. The smallest absolute Gasteiger partial charge is 0.264 e. The Hall–Kier alpha value is -1.99. The molecule has 0 saturated heterocycles. The normalized spacial score (nSPS) is 17.3. The molecule has 0 bridgehead atoms. The lowest BCUT2D eigenvalue weighted by Gasteiger charge is -2.33. The fourth-order valence-electron chi connectivity index (χ4n) is 3.33. The number of carbonyl (C=O) groups is 1. The Bertz CT molecular complexity index is 1010. The summed E-state index contributed by atoms with van der Waals surface area (Å²) >= 11 is 3.08. The standard InChI is InChI=1S/C17H17N3O2S2/c1-9-13-15(18-8-19(3)16(13)21)24-14(9)17(22)20-6-4-12-11(10(20)2)5-7-23-12/h5,7-8,10H,4,6H2,1-3H3/t10-/m1/s1. The molecule has 124 valence electrons. The van der Waals surface area contributed by atoms with Gasteiger partial charge in [-0.1, -0.05) is 0 Å². The summed E-state index contributed by atoms with van der Waals surface area (Å²) in [6.45, 7) is 4.63. The molecule has 5 nitrogen and oxygen atoms in total. The molecule has 4 rings (SSSR count). The van der Waals surface area contributed by atoms with Crippen molar-refractivity contribution in [3.63, 3.8) is 0 Å². The molecule has 4 heterocycles. The largest absolute Gasteiger partial charge is 0.331 e. The number of thiophene rings is 2. The van der Waals surface area contributed by atoms with Gasteiger partial charge in [-0.25, -0.2) is 4.98 Å². The molecule has 0 unspecified atom stereocenters. The summed E-state index contributed by atoms with van der Waals surface area (Å²) in [6, 6.07) is 2.17. The third-order valence-electron chi connectivity index (χ3n) is 4.74. The number of hydrogen-bond donors (Lipinski definition) is 0. The number of rotatable bonds is 1. The predicted molar refractivity (Wildman–Crippen MR) is 97.1 cm³/mol. The van der Waals surface area contributed by atoms with E-state index in [0.717, 1.165) is 12.0 Å². The molecular formula is C17H17N3O2S2. The minimum Gasteiger partial charge on any atom is -0.331 e. The van der Waals surface area contributed by atoms with Crippen LogP contribution in [0.25, 0.3) is 10.2 Å². The molecule has 1 atom stereocenters. The van der Waals surface area contributed by atoms with Gasteiger partial charge in [0.1, 0.15) is 4.83 Å². The fraction of sp³-hybridized carbons (Fsp3) is 0.353. The van der Waals surface area contributed by atoms with Crippen molar-refractivity contribution in [3.8, 4) is 0 Å². The third kappa shape index (κ3) is 2.15. The van der Waals surface area contributed by atoms with Crippen molar-refractivity contribution < 1.29 is 4.79 Å². The number of carbonyl (C=O) groups excluding carboxylic acids is 1. The summed E-state index contributed by atoms with van der Waals surface area (Å²) in [5.41, 5.74) is 1.89. The van der Waals surface area contributed by atoms with Crippen molar-refractivity contribution in [3.05, 3.63) is 49.0 Å². The minimum absolute atomic E-state index is 0.00176. The van der Waals surface area contributed by atoms with Gasteiger partial charge in [-0.15, -0.1) is 22.7 Å². The quantitative estimate of drug-likeness (QED) is 0.671. The summed E-state index contributed by atoms with van der Waals surface area (Å²) in [5.74, 6) is 0.00176. The van der Waals surface area contributed by atoms with Crippen molar-refractivity contribution in [2.45, 2.75) is 26.3 Å². The van der Waals surface area contributed by atoms with E-state index in [1.807, 2.05) is 11.8 Å². The monoisotopic (exact) mass is 359 g/mol. The second kappa shape index (κ2) is 5.53. The Kier molecular flexibility index (Phi) is 3.58. The second-order valence-electron chi connectivity index (χ2n) is 6.12. The second-order valence-corrected chi connectivity index (χ2v) is 8.12. The number of fused-ring (bicyclic) bond motifs is 2. The van der Waals surface area contributed by atoms with E-state index >= 15 is 0 Å². The summed E-state index contributed by atoms with van der Waals surface area (Å²) in [6.07, 6.45) is 2.41. The SMILES string of the molecule is Cc1c(C(=O)N2CCc3sccc3[C@H]2C)sc2ncn(C)c(=O)c12. The predicted octanol–water partition coefficient (Wildman–Crippen LogP) is 3.12. The highest BCUT2D eigenvalue weighted by Crippen LogP contribution is 2.36. The molecule has 0 aromatic carbocycles. The van der Waals surface area contributed by atoms with Crippen LogP contribution in [0.1, 0.15) is 38.6 Å². The molecule has 24 heavy (non-hydrogen) atoms. The van der Waals surface area contributed by atoms with Gasteiger partial charge in [0, 0.05) is 18.5 Å². The molecule has 0 radical (unpaired) electrons. The van der Waals surface area contributed by atoms with Gasteiger partial charge in [0.25, 0.3) is 11.5 Å². The van der Waals surface area contributed by atoms with Crippen molar-refractivity contribution in [1.82, 2.24) is 14.5 Å². The van der Waals surface area contributed by atoms with Crippen LogP contribution in [-0.4, -0.2) is 26.9 Å². The zero-order valence-corrected chi connectivity index (χ0v) is 15.3. The molecule has 3 aromatic rings. The van der Waals surface area contributed by atoms with Gasteiger partial charge in [-0.05, 0) is 42.8 Å². The molecule has 0 N–H and O–H groups in total. The molecule has 7 heteroatoms. The molecule has 3 aromatic heterocycles. The highest BCUT2D eigenvalue weighted by atomic mass is 32.1. The van der Waals surface area contributed by atoms with Crippen LogP contribution in [0.5, 0.6) is 0 Å². The molecule has 0 saturated carbocycles. The molecule has 0 spiro atoms. The Morgan fingerprint density at radius 2 is 2.21 bits per heavy atom. The first-order valence-corrected chi connectivity index (χ1v) is 9.50. The number of aromatic nitrogens is 2. The van der Waals surface area contributed by atoms with Gasteiger partial charge in [-0.2, -0.15) is 0 Å². The highest BCUT2D eigenvalue weighted by molar-refractivity contribution is 7.20. The van der Waals surface area contributed by atoms with Gasteiger partial charge in [0.2, 0.25) is 0 Å². The van der Waals surface area contributed by atoms with Crippen LogP contribution in [0.4, 0.5) is 0 Å². The lowest BCUT2D eigenvalue weighted by Crippen LogP contribution is -2.38. The van der Waals surface area contributed by atoms with Crippen LogP contribution in [-0.2, 0) is 13.5 Å². The Labute approximate surface area is 147 Å². The van der Waals surface area contributed by atoms with Crippen LogP contribution >= 0.6 is 22.7 Å². The van der Waals surface area contributed by atoms with E-state index in [2.05, 4.69) is 23.4 Å². The van der Waals surface area contributed by atoms with Crippen molar-refractivity contribution >= 4 is 38.8 Å². The van der Waals surface area contributed by atoms with E-state index in [0.29, 0.717) is 21.6 Å². The Morgan fingerprint density at radius 3 is 3.00 bits per heavy atom. The summed E-state index contributed by atoms with van der Waals surface area (Å²) < 4.78 is 1.46. The zero-order chi connectivity index (χ0) is 17.0. The van der Waals surface area contributed by atoms with Gasteiger partial charge in [-0.3, -0.25) is 9.59 Å². The summed E-state index contributed by atoms with van der Waals surface area (Å²) in [7, 11) is 1.68. The molecule has 0 aliphatic carbocycles. The Morgan fingerprint density at radius 1 is 1.42 bits per heavy atom. The lowest BCUT2D eigenvalue weighted by molar-refractivity contribution is 0.0684. The third-order valence-corrected chi connectivity index (χ3v) is 6.93. The van der Waals surface area contributed by atoms with E-state index in [1.165, 1.54) is 32.7 Å². The maximum atomic E-state index is 13.1. The molecule has 1 amide bonds. The number of amides is 1. The maximum Gasteiger partial charge on any atom is 0.264 e. The van der Waals surface area contributed by atoms with Crippen LogP contribution in [0.2, 0.25) is 0 Å². The highest BCUT2D eigenvalue weighted by Gasteiger charge is 2.31. The average molecular weight is 359 g/mol. The first-order chi connectivity index (χ1) is 11.5. The van der Waals surface area contributed by atoms with E-state index in [4.69, 9.17) is 0 Å². The zero-order valence-electron chi connectivity index (χ0n) is 13.7. The van der Waals surface area contributed by atoms with Crippen LogP contribution in [0, 0.1) is 6.92 Å². The summed E-state index contributed by atoms with van der Waals surface area (Å²) in [5, 5.41) is 2.65. The van der Waals surface area contributed by atoms with Gasteiger partial charge in [0.15, 0.2) is 0 Å². The number of aryl methyl sites for hydroxylation is 2. The first-order valence-electron chi connectivity index (χ1n) is 7.81. The van der Waals surface area contributed by atoms with Gasteiger partial charge >= 0.3 is 0 Å². The van der Waals surface area contributed by atoms with E-state index in [9.17, 15) is 9.59 Å². The summed E-state index contributed by atoms with van der Waals surface area (Å²) in [4.78, 5) is 34.4. The molecule has 0 fully saturated rings. The molecular weight excluding hydrogens is 342 g/mol. The van der Waals surface area contributed by atoms with Crippen LogP contribution in [0.15, 0.2) is 22.6 Å². The molecule has 1 aliphatic heterocycles. The van der Waals surface area contributed by atoms with E-state index in [-0.39, 0.29) is 17.5 Å². The van der Waals surface area contributed by atoms with E-state index < -0.39 is 0 Å². The topological polar surface area (TPSA) is 55.2 Å². The maximum absolute atomic E-state index is 13.1. The van der Waals surface area contributed by atoms with Crippen LogP contribution < -0.4 is 5.56 Å². The van der Waals surface area contributed by atoms with Crippen molar-refractivity contribution in [2.24, 2.45) is 7.05 Å². The van der Waals surface area contributed by atoms with E-state index in [1.54, 1.807) is 18.4 Å². The minimum atomic E-state index is -0.0976. The molecule has 1 aliphatic rings. The van der Waals surface area contributed by atoms with Gasteiger partial charge < -0.3 is 9.47 Å².